The van der Waals surface area contributed by atoms with E-state index in [1.54, 1.807) is 10.8 Å². The van der Waals surface area contributed by atoms with Gasteiger partial charge in [-0.1, -0.05) is 37.1 Å². The molecule has 0 unspecified atom stereocenters. The minimum atomic E-state index is -0.168. The monoisotopic (exact) mass is 386 g/mol. The SMILES string of the molecule is CCCCn1nc(C)c(C=CC(=O)Nc2ccccc2N2CCCC2)c1Cl. The molecule has 1 aromatic carbocycles. The van der Waals surface area contributed by atoms with Gasteiger partial charge in [0.05, 0.1) is 17.1 Å². The molecular weight excluding hydrogens is 360 g/mol. The van der Waals surface area contributed by atoms with Crippen LogP contribution < -0.4 is 10.2 Å². The first-order valence-corrected chi connectivity index (χ1v) is 10.0. The molecule has 2 heterocycles. The van der Waals surface area contributed by atoms with E-state index in [9.17, 15) is 4.79 Å². The molecule has 1 aliphatic rings. The summed E-state index contributed by atoms with van der Waals surface area (Å²) in [6, 6.07) is 7.95. The maximum Gasteiger partial charge on any atom is 0.248 e. The van der Waals surface area contributed by atoms with Crippen LogP contribution >= 0.6 is 11.6 Å². The Bertz CT molecular complexity index is 822. The minimum absolute atomic E-state index is 0.168. The molecule has 1 fully saturated rings. The van der Waals surface area contributed by atoms with Gasteiger partial charge in [-0.05, 0) is 44.4 Å². The first-order chi connectivity index (χ1) is 13.1. The predicted molar refractivity (Wildman–Crippen MR) is 112 cm³/mol. The Morgan fingerprint density at radius 3 is 2.78 bits per heavy atom. The van der Waals surface area contributed by atoms with E-state index in [1.807, 2.05) is 25.1 Å². The summed E-state index contributed by atoms with van der Waals surface area (Å²) in [6.07, 6.45) is 7.78. The van der Waals surface area contributed by atoms with Gasteiger partial charge in [0.25, 0.3) is 0 Å². The lowest BCUT2D eigenvalue weighted by molar-refractivity contribution is -0.111. The molecule has 1 aromatic heterocycles. The van der Waals surface area contributed by atoms with Gasteiger partial charge in [-0.2, -0.15) is 5.10 Å². The molecule has 0 radical (unpaired) electrons. The van der Waals surface area contributed by atoms with Crippen LogP contribution in [0.25, 0.3) is 6.08 Å². The van der Waals surface area contributed by atoms with Gasteiger partial charge in [0.2, 0.25) is 5.91 Å². The molecule has 27 heavy (non-hydrogen) atoms. The molecule has 2 aromatic rings. The van der Waals surface area contributed by atoms with E-state index >= 15 is 0 Å². The highest BCUT2D eigenvalue weighted by atomic mass is 35.5. The van der Waals surface area contributed by atoms with Gasteiger partial charge in [-0.3, -0.25) is 9.48 Å². The van der Waals surface area contributed by atoms with Gasteiger partial charge in [-0.25, -0.2) is 0 Å². The summed E-state index contributed by atoms with van der Waals surface area (Å²) in [5.41, 5.74) is 3.56. The van der Waals surface area contributed by atoms with Crippen LogP contribution in [0.5, 0.6) is 0 Å². The molecule has 0 atom stereocenters. The van der Waals surface area contributed by atoms with Gasteiger partial charge >= 0.3 is 0 Å². The van der Waals surface area contributed by atoms with Gasteiger partial charge < -0.3 is 10.2 Å². The standard InChI is InChI=1S/C21H27ClN4O/c1-3-4-15-26-21(22)17(16(2)24-26)11-12-20(27)23-18-9-5-6-10-19(18)25-13-7-8-14-25/h5-6,9-12H,3-4,7-8,13-15H2,1-2H3,(H,23,27). The van der Waals surface area contributed by atoms with E-state index in [-0.39, 0.29) is 5.91 Å². The Balaban J connectivity index is 1.71. The average Bonchev–Trinajstić information content (AvgIpc) is 3.28. The number of aromatic nitrogens is 2. The number of halogens is 1. The highest BCUT2D eigenvalue weighted by Gasteiger charge is 2.16. The largest absolute Gasteiger partial charge is 0.370 e. The van der Waals surface area contributed by atoms with Crippen molar-refractivity contribution < 1.29 is 4.79 Å². The molecule has 1 N–H and O–H groups in total. The molecular formula is C21H27ClN4O. The zero-order chi connectivity index (χ0) is 19.2. The van der Waals surface area contributed by atoms with Gasteiger partial charge in [0.15, 0.2) is 0 Å². The highest BCUT2D eigenvalue weighted by molar-refractivity contribution is 6.31. The van der Waals surface area contributed by atoms with Gasteiger partial charge in [0.1, 0.15) is 5.15 Å². The Kier molecular flexibility index (Phi) is 6.56. The molecule has 6 heteroatoms. The summed E-state index contributed by atoms with van der Waals surface area (Å²) in [7, 11) is 0. The van der Waals surface area contributed by atoms with Gasteiger partial charge in [-0.15, -0.1) is 0 Å². The zero-order valence-corrected chi connectivity index (χ0v) is 16.8. The van der Waals surface area contributed by atoms with Crippen LogP contribution in [-0.2, 0) is 11.3 Å². The Morgan fingerprint density at radius 1 is 1.30 bits per heavy atom. The second kappa shape index (κ2) is 9.09. The Labute approximate surface area is 166 Å². The Morgan fingerprint density at radius 2 is 2.04 bits per heavy atom. The third-order valence-electron chi connectivity index (χ3n) is 4.84. The summed E-state index contributed by atoms with van der Waals surface area (Å²) in [5.74, 6) is -0.168. The van der Waals surface area contributed by atoms with Gasteiger partial charge in [0, 0.05) is 31.3 Å². The van der Waals surface area contributed by atoms with E-state index in [4.69, 9.17) is 11.6 Å². The van der Waals surface area contributed by atoms with Crippen molar-refractivity contribution in [2.45, 2.75) is 46.1 Å². The topological polar surface area (TPSA) is 50.2 Å². The smallest absolute Gasteiger partial charge is 0.248 e. The molecule has 1 amide bonds. The van der Waals surface area contributed by atoms with Crippen molar-refractivity contribution in [1.82, 2.24) is 9.78 Å². The average molecular weight is 387 g/mol. The fourth-order valence-electron chi connectivity index (χ4n) is 3.36. The lowest BCUT2D eigenvalue weighted by Gasteiger charge is -2.21. The number of carbonyl (C=O) groups excluding carboxylic acids is 1. The number of unbranched alkanes of at least 4 members (excludes halogenated alkanes) is 1. The van der Waals surface area contributed by atoms with Crippen LogP contribution in [0.1, 0.15) is 43.9 Å². The number of carbonyl (C=O) groups is 1. The molecule has 1 saturated heterocycles. The van der Waals surface area contributed by atoms with Crippen LogP contribution in [0, 0.1) is 6.92 Å². The van der Waals surface area contributed by atoms with Crippen molar-refractivity contribution in [3.63, 3.8) is 0 Å². The fraction of sp³-hybridized carbons (Fsp3) is 0.429. The minimum Gasteiger partial charge on any atom is -0.370 e. The Hall–Kier alpha value is -2.27. The number of nitrogens with zero attached hydrogens (tertiary/aromatic N) is 3. The first-order valence-electron chi connectivity index (χ1n) is 9.66. The van der Waals surface area contributed by atoms with E-state index in [0.29, 0.717) is 5.15 Å². The molecule has 0 saturated carbocycles. The second-order valence-corrected chi connectivity index (χ2v) is 7.26. The van der Waals surface area contributed by atoms with Crippen LogP contribution in [0.15, 0.2) is 30.3 Å². The summed E-state index contributed by atoms with van der Waals surface area (Å²) in [5, 5.41) is 8.06. The van der Waals surface area contributed by atoms with Crippen LogP contribution in [-0.4, -0.2) is 28.8 Å². The number of hydrogen-bond donors (Lipinski definition) is 1. The first kappa shape index (κ1) is 19.5. The van der Waals surface area contributed by atoms with E-state index < -0.39 is 0 Å². The van der Waals surface area contributed by atoms with Crippen LogP contribution in [0.4, 0.5) is 11.4 Å². The van der Waals surface area contributed by atoms with Crippen molar-refractivity contribution in [1.29, 1.82) is 0 Å². The number of para-hydroxylation sites is 2. The predicted octanol–water partition coefficient (Wildman–Crippen LogP) is 4.90. The summed E-state index contributed by atoms with van der Waals surface area (Å²) < 4.78 is 1.81. The summed E-state index contributed by atoms with van der Waals surface area (Å²) in [4.78, 5) is 14.8. The van der Waals surface area contributed by atoms with Crippen LogP contribution in [0.3, 0.4) is 0 Å². The van der Waals surface area contributed by atoms with Crippen molar-refractivity contribution >= 4 is 35.0 Å². The number of nitrogens with one attached hydrogen (secondary N) is 1. The molecule has 0 bridgehead atoms. The van der Waals surface area contributed by atoms with Crippen molar-refractivity contribution in [2.24, 2.45) is 0 Å². The molecule has 0 spiro atoms. The number of anilines is 2. The third kappa shape index (κ3) is 4.72. The third-order valence-corrected chi connectivity index (χ3v) is 5.24. The number of aryl methyl sites for hydroxylation is 2. The molecule has 3 rings (SSSR count). The maximum absolute atomic E-state index is 12.5. The number of rotatable bonds is 7. The molecule has 1 aliphatic heterocycles. The fourth-order valence-corrected chi connectivity index (χ4v) is 3.68. The second-order valence-electron chi connectivity index (χ2n) is 6.90. The van der Waals surface area contributed by atoms with Crippen molar-refractivity contribution in [3.8, 4) is 0 Å². The van der Waals surface area contributed by atoms with Crippen LogP contribution in [0.2, 0.25) is 5.15 Å². The molecule has 0 aliphatic carbocycles. The van der Waals surface area contributed by atoms with Crippen molar-refractivity contribution in [2.75, 3.05) is 23.3 Å². The normalized spacial score (nSPS) is 14.3. The summed E-state index contributed by atoms with van der Waals surface area (Å²) in [6.45, 7) is 6.91. The summed E-state index contributed by atoms with van der Waals surface area (Å²) >= 11 is 6.43. The maximum atomic E-state index is 12.5. The number of benzene rings is 1. The number of hydrogen-bond acceptors (Lipinski definition) is 3. The van der Waals surface area contributed by atoms with E-state index in [2.05, 4.69) is 28.3 Å². The van der Waals surface area contributed by atoms with E-state index in [1.165, 1.54) is 18.9 Å². The lowest BCUT2D eigenvalue weighted by atomic mass is 10.2. The molecule has 5 nitrogen and oxygen atoms in total. The molecule has 144 valence electrons. The number of amides is 1. The zero-order valence-electron chi connectivity index (χ0n) is 16.0. The lowest BCUT2D eigenvalue weighted by Crippen LogP contribution is -2.20. The highest BCUT2D eigenvalue weighted by Crippen LogP contribution is 2.28. The quantitative estimate of drug-likeness (QED) is 0.688. The van der Waals surface area contributed by atoms with E-state index in [0.717, 1.165) is 55.1 Å². The van der Waals surface area contributed by atoms with Crippen molar-refractivity contribution in [3.05, 3.63) is 46.8 Å².